The van der Waals surface area contributed by atoms with Crippen LogP contribution in [0.1, 0.15) is 6.92 Å². The van der Waals surface area contributed by atoms with Crippen LogP contribution in [0.25, 0.3) is 0 Å². The first-order valence-electron chi connectivity index (χ1n) is 8.32. The summed E-state index contributed by atoms with van der Waals surface area (Å²) in [6, 6.07) is 6.83. The molecule has 9 heteroatoms. The zero-order valence-corrected chi connectivity index (χ0v) is 17.3. The summed E-state index contributed by atoms with van der Waals surface area (Å²) in [5.41, 5.74) is 0. The third-order valence-corrected chi connectivity index (χ3v) is 3.15. The van der Waals surface area contributed by atoms with Crippen molar-refractivity contribution in [2.45, 2.75) is 6.92 Å². The number of benzene rings is 1. The number of rotatable bonds is 9. The van der Waals surface area contributed by atoms with Crippen LogP contribution in [0.3, 0.4) is 0 Å². The van der Waals surface area contributed by atoms with Crippen LogP contribution < -0.4 is 20.1 Å². The van der Waals surface area contributed by atoms with E-state index in [1.807, 2.05) is 13.0 Å². The minimum atomic E-state index is -0.724. The highest BCUT2D eigenvalue weighted by Gasteiger charge is 2.04. The summed E-state index contributed by atoms with van der Waals surface area (Å²) in [4.78, 5) is 8.34. The van der Waals surface area contributed by atoms with Crippen LogP contribution in [0.2, 0.25) is 0 Å². The number of aliphatic imine (C=N–C) groups is 1. The molecule has 0 saturated carbocycles. The second kappa shape index (κ2) is 13.1. The van der Waals surface area contributed by atoms with Gasteiger partial charge in [-0.3, -0.25) is 4.98 Å². The molecule has 2 rings (SSSR count). The van der Waals surface area contributed by atoms with Gasteiger partial charge in [-0.25, -0.2) is 13.8 Å². The van der Waals surface area contributed by atoms with Gasteiger partial charge in [0.2, 0.25) is 0 Å². The van der Waals surface area contributed by atoms with E-state index in [0.29, 0.717) is 38.0 Å². The molecule has 2 aromatic rings. The van der Waals surface area contributed by atoms with Crippen LogP contribution in [0.4, 0.5) is 8.78 Å². The van der Waals surface area contributed by atoms with E-state index in [9.17, 15) is 8.78 Å². The standard InChI is InChI=1S/C18H22F2N4O2.HI/c1-2-22-18(23-8-10-25-15-4-3-7-21-13-15)24-9-11-26-17-6-5-14(19)12-16(17)20;/h3-7,12-13H,2,8-11H2,1H3,(H2,22,23,24);1H. The number of nitrogens with zero attached hydrogens (tertiary/aromatic N) is 2. The number of hydrogen-bond donors (Lipinski definition) is 2. The van der Waals surface area contributed by atoms with Gasteiger partial charge >= 0.3 is 0 Å². The summed E-state index contributed by atoms with van der Waals surface area (Å²) in [6.45, 7) is 4.14. The van der Waals surface area contributed by atoms with Crippen molar-refractivity contribution in [2.75, 3.05) is 32.8 Å². The van der Waals surface area contributed by atoms with Gasteiger partial charge in [0.05, 0.1) is 19.3 Å². The Bertz CT molecular complexity index is 705. The Hall–Kier alpha value is -2.17. The Morgan fingerprint density at radius 2 is 2.00 bits per heavy atom. The number of halogens is 3. The van der Waals surface area contributed by atoms with Crippen LogP contribution in [-0.2, 0) is 0 Å². The topological polar surface area (TPSA) is 67.8 Å². The molecule has 6 nitrogen and oxygen atoms in total. The third-order valence-electron chi connectivity index (χ3n) is 3.15. The molecule has 2 N–H and O–H groups in total. The van der Waals surface area contributed by atoms with Crippen LogP contribution in [-0.4, -0.2) is 43.8 Å². The maximum atomic E-state index is 13.5. The lowest BCUT2D eigenvalue weighted by Gasteiger charge is -2.12. The summed E-state index contributed by atoms with van der Waals surface area (Å²) >= 11 is 0. The minimum absolute atomic E-state index is 0. The fourth-order valence-electron chi connectivity index (χ4n) is 2.02. The molecular weight excluding hydrogens is 469 g/mol. The first-order valence-corrected chi connectivity index (χ1v) is 8.32. The van der Waals surface area contributed by atoms with E-state index in [-0.39, 0.29) is 36.3 Å². The van der Waals surface area contributed by atoms with Gasteiger partial charge < -0.3 is 20.1 Å². The number of ether oxygens (including phenoxy) is 2. The Morgan fingerprint density at radius 1 is 1.15 bits per heavy atom. The maximum absolute atomic E-state index is 13.5. The van der Waals surface area contributed by atoms with Crippen molar-refractivity contribution in [1.29, 1.82) is 0 Å². The van der Waals surface area contributed by atoms with Gasteiger partial charge in [0.1, 0.15) is 24.8 Å². The second-order valence-corrected chi connectivity index (χ2v) is 5.15. The maximum Gasteiger partial charge on any atom is 0.191 e. The lowest BCUT2D eigenvalue weighted by atomic mass is 10.3. The van der Waals surface area contributed by atoms with E-state index in [0.717, 1.165) is 12.1 Å². The van der Waals surface area contributed by atoms with Gasteiger partial charge in [0, 0.05) is 18.8 Å². The molecular formula is C18H23F2IN4O2. The van der Waals surface area contributed by atoms with Gasteiger partial charge in [0.15, 0.2) is 17.5 Å². The number of aromatic nitrogens is 1. The molecule has 148 valence electrons. The van der Waals surface area contributed by atoms with Gasteiger partial charge in [-0.1, -0.05) is 0 Å². The lowest BCUT2D eigenvalue weighted by molar-refractivity contribution is 0.304. The predicted molar refractivity (Wildman–Crippen MR) is 111 cm³/mol. The molecule has 0 aliphatic rings. The zero-order valence-electron chi connectivity index (χ0n) is 15.0. The van der Waals surface area contributed by atoms with E-state index in [2.05, 4.69) is 20.6 Å². The molecule has 1 aromatic heterocycles. The third kappa shape index (κ3) is 8.85. The van der Waals surface area contributed by atoms with Crippen molar-refractivity contribution in [3.05, 3.63) is 54.4 Å². The van der Waals surface area contributed by atoms with Crippen LogP contribution in [0, 0.1) is 11.6 Å². The van der Waals surface area contributed by atoms with Crippen molar-refractivity contribution in [3.8, 4) is 11.5 Å². The molecule has 0 atom stereocenters. The summed E-state index contributed by atoms with van der Waals surface area (Å²) < 4.78 is 37.1. The Labute approximate surface area is 174 Å². The van der Waals surface area contributed by atoms with Crippen molar-refractivity contribution >= 4 is 29.9 Å². The summed E-state index contributed by atoms with van der Waals surface area (Å²) in [7, 11) is 0. The quantitative estimate of drug-likeness (QED) is 0.244. The molecule has 1 heterocycles. The molecule has 0 aliphatic heterocycles. The number of pyridine rings is 1. The summed E-state index contributed by atoms with van der Waals surface area (Å²) in [5.74, 6) is -0.0537. The van der Waals surface area contributed by atoms with Crippen molar-refractivity contribution < 1.29 is 18.3 Å². The minimum Gasteiger partial charge on any atom is -0.490 e. The predicted octanol–water partition coefficient (Wildman–Crippen LogP) is 2.99. The Kier molecular flexibility index (Phi) is 11.1. The molecule has 0 unspecified atom stereocenters. The van der Waals surface area contributed by atoms with Crippen LogP contribution in [0.15, 0.2) is 47.7 Å². The smallest absolute Gasteiger partial charge is 0.191 e. The Morgan fingerprint density at radius 3 is 2.70 bits per heavy atom. The van der Waals surface area contributed by atoms with Crippen LogP contribution in [0.5, 0.6) is 11.5 Å². The molecule has 0 saturated heterocycles. The Balaban J connectivity index is 0.00000364. The highest BCUT2D eigenvalue weighted by Crippen LogP contribution is 2.17. The van der Waals surface area contributed by atoms with E-state index in [1.165, 1.54) is 6.07 Å². The molecule has 0 bridgehead atoms. The molecule has 1 aromatic carbocycles. The number of hydrogen-bond acceptors (Lipinski definition) is 4. The van der Waals surface area contributed by atoms with Crippen molar-refractivity contribution in [3.63, 3.8) is 0 Å². The molecule has 0 fully saturated rings. The van der Waals surface area contributed by atoms with Gasteiger partial charge in [-0.15, -0.1) is 24.0 Å². The number of nitrogens with one attached hydrogen (secondary N) is 2. The number of guanidine groups is 1. The van der Waals surface area contributed by atoms with Gasteiger partial charge in [0.25, 0.3) is 0 Å². The van der Waals surface area contributed by atoms with Crippen LogP contribution >= 0.6 is 24.0 Å². The summed E-state index contributed by atoms with van der Waals surface area (Å²) in [6.07, 6.45) is 3.32. The molecule has 0 spiro atoms. The highest BCUT2D eigenvalue weighted by molar-refractivity contribution is 14.0. The average Bonchev–Trinajstić information content (AvgIpc) is 2.64. The fourth-order valence-corrected chi connectivity index (χ4v) is 2.02. The fraction of sp³-hybridized carbons (Fsp3) is 0.333. The lowest BCUT2D eigenvalue weighted by Crippen LogP contribution is -2.39. The van der Waals surface area contributed by atoms with Gasteiger partial charge in [-0.2, -0.15) is 0 Å². The first kappa shape index (κ1) is 22.9. The van der Waals surface area contributed by atoms with E-state index >= 15 is 0 Å². The zero-order chi connectivity index (χ0) is 18.6. The second-order valence-electron chi connectivity index (χ2n) is 5.15. The van der Waals surface area contributed by atoms with Crippen molar-refractivity contribution in [1.82, 2.24) is 15.6 Å². The van der Waals surface area contributed by atoms with Gasteiger partial charge in [-0.05, 0) is 31.2 Å². The molecule has 0 radical (unpaired) electrons. The molecule has 27 heavy (non-hydrogen) atoms. The first-order chi connectivity index (χ1) is 12.7. The molecule has 0 aliphatic carbocycles. The highest BCUT2D eigenvalue weighted by atomic mass is 127. The largest absolute Gasteiger partial charge is 0.490 e. The van der Waals surface area contributed by atoms with E-state index < -0.39 is 11.6 Å². The normalized spacial score (nSPS) is 10.7. The molecule has 0 amide bonds. The summed E-state index contributed by atoms with van der Waals surface area (Å²) in [5, 5.41) is 6.16. The average molecular weight is 492 g/mol. The van der Waals surface area contributed by atoms with Crippen molar-refractivity contribution in [2.24, 2.45) is 4.99 Å². The van der Waals surface area contributed by atoms with E-state index in [4.69, 9.17) is 9.47 Å². The monoisotopic (exact) mass is 492 g/mol. The SMILES string of the molecule is CCNC(=NCCOc1cccnc1)NCCOc1ccc(F)cc1F.I. The van der Waals surface area contributed by atoms with E-state index in [1.54, 1.807) is 18.5 Å².